The number of benzene rings is 2. The van der Waals surface area contributed by atoms with E-state index < -0.39 is 4.92 Å². The van der Waals surface area contributed by atoms with E-state index in [2.05, 4.69) is 4.98 Å². The average molecular weight is 431 g/mol. The number of ketones is 1. The number of methoxy groups -OCH3 is 1. The number of hydrogen-bond donors (Lipinski definition) is 0. The predicted octanol–water partition coefficient (Wildman–Crippen LogP) is 3.41. The number of Topliss-reactive ketones (excluding diaryl/α,β-unsaturated/α-hetero) is 1. The van der Waals surface area contributed by atoms with Crippen LogP contribution in [0.1, 0.15) is 10.4 Å². The van der Waals surface area contributed by atoms with Crippen molar-refractivity contribution in [2.24, 2.45) is 0 Å². The van der Waals surface area contributed by atoms with Crippen LogP contribution in [0.15, 0.2) is 67.1 Å². The van der Waals surface area contributed by atoms with Crippen molar-refractivity contribution in [3.8, 4) is 17.0 Å². The molecule has 0 aliphatic rings. The normalized spacial score (nSPS) is 9.96. The largest absolute Gasteiger partial charge is 0.496 e. The number of carbonyl (C=O) groups is 1. The Balaban J connectivity index is 0.00000261. The number of carbonyl (C=O) groups excluding carboxylic acids is 1. The zero-order valence-corrected chi connectivity index (χ0v) is 16.2. The molecule has 0 N–H and O–H groups in total. The minimum Gasteiger partial charge on any atom is -0.496 e. The molecule has 1 aromatic heterocycles. The maximum atomic E-state index is 12.4. The van der Waals surface area contributed by atoms with Crippen molar-refractivity contribution in [2.75, 3.05) is 7.11 Å². The summed E-state index contributed by atoms with van der Waals surface area (Å²) in [5, 5.41) is 11.1. The van der Waals surface area contributed by atoms with E-state index in [-0.39, 0.29) is 40.6 Å². The SMILES string of the molecule is Br.COc1ccccc1-c1cc[n+](CC(=O)c2ccccc2[N+](=O)[O-])cn1. The molecule has 0 aliphatic heterocycles. The highest BCUT2D eigenvalue weighted by atomic mass is 79.9. The Morgan fingerprint density at radius 1 is 1.15 bits per heavy atom. The molecule has 0 aliphatic carbocycles. The maximum absolute atomic E-state index is 12.4. The molecule has 27 heavy (non-hydrogen) atoms. The summed E-state index contributed by atoms with van der Waals surface area (Å²) in [5.41, 5.74) is 1.43. The quantitative estimate of drug-likeness (QED) is 0.258. The highest BCUT2D eigenvalue weighted by Gasteiger charge is 2.21. The fourth-order valence-corrected chi connectivity index (χ4v) is 2.61. The monoisotopic (exact) mass is 430 g/mol. The van der Waals surface area contributed by atoms with Gasteiger partial charge < -0.3 is 4.74 Å². The van der Waals surface area contributed by atoms with Crippen molar-refractivity contribution < 1.29 is 19.0 Å². The van der Waals surface area contributed by atoms with Crippen LogP contribution >= 0.6 is 17.0 Å². The van der Waals surface area contributed by atoms with Crippen LogP contribution in [0.2, 0.25) is 0 Å². The van der Waals surface area contributed by atoms with Gasteiger partial charge in [-0.15, -0.1) is 17.0 Å². The average Bonchev–Trinajstić information content (AvgIpc) is 2.68. The first kappa shape index (κ1) is 20.2. The molecule has 0 amide bonds. The number of nitro benzene ring substituents is 1. The van der Waals surface area contributed by atoms with Crippen molar-refractivity contribution in [1.29, 1.82) is 0 Å². The Hall–Kier alpha value is -3.13. The van der Waals surface area contributed by atoms with Gasteiger partial charge in [0.2, 0.25) is 5.78 Å². The van der Waals surface area contributed by atoms with Crippen LogP contribution in [0.3, 0.4) is 0 Å². The van der Waals surface area contributed by atoms with Gasteiger partial charge in [-0.05, 0) is 23.2 Å². The summed E-state index contributed by atoms with van der Waals surface area (Å²) in [6.07, 6.45) is 3.23. The van der Waals surface area contributed by atoms with Crippen LogP contribution < -0.4 is 9.30 Å². The van der Waals surface area contributed by atoms with Crippen molar-refractivity contribution in [3.05, 3.63) is 82.8 Å². The molecular formula is C19H17BrN3O4+. The minimum absolute atomic E-state index is 0. The van der Waals surface area contributed by atoms with Gasteiger partial charge in [0.15, 0.2) is 12.2 Å². The van der Waals surface area contributed by atoms with Crippen LogP contribution in [-0.2, 0) is 6.54 Å². The van der Waals surface area contributed by atoms with E-state index in [1.807, 2.05) is 24.3 Å². The van der Waals surface area contributed by atoms with Crippen LogP contribution in [0.4, 0.5) is 5.69 Å². The van der Waals surface area contributed by atoms with E-state index >= 15 is 0 Å². The summed E-state index contributed by atoms with van der Waals surface area (Å²) in [6.45, 7) is -0.0376. The standard InChI is InChI=1S/C19H16N3O4.BrH/c1-26-19-9-5-3-6-14(19)16-10-11-21(13-20-16)12-18(23)15-7-2-4-8-17(15)22(24)25;/h2-11,13H,12H2,1H3;1H/q+1;. The number of nitrogens with zero attached hydrogens (tertiary/aromatic N) is 3. The number of halogens is 1. The smallest absolute Gasteiger partial charge is 0.287 e. The number of ether oxygens (including phenoxy) is 1. The Labute approximate surface area is 166 Å². The first-order valence-electron chi connectivity index (χ1n) is 7.85. The minimum atomic E-state index is -0.555. The third-order valence-corrected chi connectivity index (χ3v) is 3.88. The van der Waals surface area contributed by atoms with E-state index in [1.54, 1.807) is 30.0 Å². The zero-order chi connectivity index (χ0) is 18.5. The van der Waals surface area contributed by atoms with Crippen molar-refractivity contribution in [2.45, 2.75) is 6.54 Å². The Bertz CT molecular complexity index is 961. The lowest BCUT2D eigenvalue weighted by molar-refractivity contribution is -0.686. The van der Waals surface area contributed by atoms with Crippen LogP contribution in [0.5, 0.6) is 5.75 Å². The molecule has 0 spiro atoms. The van der Waals surface area contributed by atoms with E-state index in [0.717, 1.165) is 5.56 Å². The first-order valence-corrected chi connectivity index (χ1v) is 7.85. The van der Waals surface area contributed by atoms with Gasteiger partial charge in [0, 0.05) is 12.1 Å². The summed E-state index contributed by atoms with van der Waals surface area (Å²) in [6, 6.07) is 15.2. The van der Waals surface area contributed by atoms with Crippen LogP contribution in [0, 0.1) is 10.1 Å². The summed E-state index contributed by atoms with van der Waals surface area (Å²) in [7, 11) is 1.59. The van der Waals surface area contributed by atoms with Gasteiger partial charge in [0.05, 0.1) is 29.4 Å². The second kappa shape index (κ2) is 9.00. The van der Waals surface area contributed by atoms with Crippen LogP contribution in [0.25, 0.3) is 11.3 Å². The summed E-state index contributed by atoms with van der Waals surface area (Å²) >= 11 is 0. The van der Waals surface area contributed by atoms with Gasteiger partial charge in [-0.25, -0.2) is 4.57 Å². The predicted molar refractivity (Wildman–Crippen MR) is 104 cm³/mol. The highest BCUT2D eigenvalue weighted by molar-refractivity contribution is 8.93. The summed E-state index contributed by atoms with van der Waals surface area (Å²) in [5.74, 6) is 0.350. The second-order valence-electron chi connectivity index (χ2n) is 5.52. The fourth-order valence-electron chi connectivity index (χ4n) is 2.61. The molecule has 0 atom stereocenters. The fraction of sp³-hybridized carbons (Fsp3) is 0.105. The van der Waals surface area contributed by atoms with Gasteiger partial charge in [-0.1, -0.05) is 24.3 Å². The first-order chi connectivity index (χ1) is 12.6. The number of aromatic nitrogens is 2. The molecule has 0 bridgehead atoms. The molecule has 8 heteroatoms. The molecule has 0 saturated heterocycles. The number of hydrogen-bond acceptors (Lipinski definition) is 5. The van der Waals surface area contributed by atoms with Crippen molar-refractivity contribution in [1.82, 2.24) is 4.98 Å². The zero-order valence-electron chi connectivity index (χ0n) is 14.4. The molecule has 0 saturated carbocycles. The van der Waals surface area contributed by atoms with Crippen molar-refractivity contribution in [3.63, 3.8) is 0 Å². The molecule has 3 rings (SSSR count). The number of para-hydroxylation sites is 2. The molecule has 1 heterocycles. The van der Waals surface area contributed by atoms with Gasteiger partial charge in [-0.3, -0.25) is 14.9 Å². The molecule has 138 valence electrons. The Kier molecular flexibility index (Phi) is 6.73. The van der Waals surface area contributed by atoms with Gasteiger partial charge in [-0.2, -0.15) is 0 Å². The number of nitro groups is 1. The number of rotatable bonds is 6. The lowest BCUT2D eigenvalue weighted by Gasteiger charge is -2.05. The molecule has 0 fully saturated rings. The van der Waals surface area contributed by atoms with Crippen molar-refractivity contribution >= 4 is 28.5 Å². The lowest BCUT2D eigenvalue weighted by Crippen LogP contribution is -2.38. The molecule has 0 unspecified atom stereocenters. The van der Waals surface area contributed by atoms with E-state index in [9.17, 15) is 14.9 Å². The summed E-state index contributed by atoms with van der Waals surface area (Å²) < 4.78 is 6.90. The maximum Gasteiger partial charge on any atom is 0.287 e. The Morgan fingerprint density at radius 3 is 2.52 bits per heavy atom. The highest BCUT2D eigenvalue weighted by Crippen LogP contribution is 2.27. The molecular weight excluding hydrogens is 414 g/mol. The lowest BCUT2D eigenvalue weighted by atomic mass is 10.1. The second-order valence-corrected chi connectivity index (χ2v) is 5.52. The van der Waals surface area contributed by atoms with Gasteiger partial charge in [0.1, 0.15) is 5.75 Å². The Morgan fingerprint density at radius 2 is 1.85 bits per heavy atom. The van der Waals surface area contributed by atoms with E-state index in [0.29, 0.717) is 11.4 Å². The third kappa shape index (κ3) is 4.53. The topological polar surface area (TPSA) is 86.2 Å². The van der Waals surface area contributed by atoms with Gasteiger partial charge >= 0.3 is 0 Å². The molecule has 3 aromatic rings. The van der Waals surface area contributed by atoms with Crippen LogP contribution in [-0.4, -0.2) is 22.8 Å². The van der Waals surface area contributed by atoms with Gasteiger partial charge in [0.25, 0.3) is 12.0 Å². The molecule has 7 nitrogen and oxygen atoms in total. The molecule has 2 aromatic carbocycles. The van der Waals surface area contributed by atoms with E-state index in [1.165, 1.54) is 24.5 Å². The third-order valence-electron chi connectivity index (χ3n) is 3.88. The summed E-state index contributed by atoms with van der Waals surface area (Å²) in [4.78, 5) is 27.3. The molecule has 0 radical (unpaired) electrons. The van der Waals surface area contributed by atoms with E-state index in [4.69, 9.17) is 4.74 Å².